The highest BCUT2D eigenvalue weighted by Gasteiger charge is 2.30. The first kappa shape index (κ1) is 14.5. The summed E-state index contributed by atoms with van der Waals surface area (Å²) in [4.78, 5) is 2.42. The summed E-state index contributed by atoms with van der Waals surface area (Å²) in [6.45, 7) is 5.28. The Labute approximate surface area is 135 Å². The molecule has 2 aromatic rings. The molecule has 1 fully saturated rings. The molecule has 1 atom stereocenters. The van der Waals surface area contributed by atoms with Crippen LogP contribution in [-0.2, 0) is 6.54 Å². The molecule has 120 valence electrons. The molecule has 0 spiro atoms. The highest BCUT2D eigenvalue weighted by molar-refractivity contribution is 5.47. The van der Waals surface area contributed by atoms with Crippen LogP contribution in [0.5, 0.6) is 11.5 Å². The summed E-state index contributed by atoms with van der Waals surface area (Å²) in [7, 11) is 0. The molecule has 0 aromatic heterocycles. The highest BCUT2D eigenvalue weighted by Crippen LogP contribution is 2.38. The van der Waals surface area contributed by atoms with Crippen LogP contribution in [0.4, 0.5) is 4.39 Å². The molecule has 0 unspecified atom stereocenters. The number of ether oxygens (including phenoxy) is 2. The summed E-state index contributed by atoms with van der Waals surface area (Å²) in [5.41, 5.74) is 3.67. The van der Waals surface area contributed by atoms with Crippen molar-refractivity contribution < 1.29 is 13.9 Å². The van der Waals surface area contributed by atoms with E-state index in [1.165, 1.54) is 16.7 Å². The van der Waals surface area contributed by atoms with Crippen LogP contribution in [0, 0.1) is 12.7 Å². The zero-order chi connectivity index (χ0) is 15.8. The lowest BCUT2D eigenvalue weighted by Gasteiger charge is -2.41. The Morgan fingerprint density at radius 2 is 1.78 bits per heavy atom. The summed E-state index contributed by atoms with van der Waals surface area (Å²) in [5.74, 6) is 1.51. The van der Waals surface area contributed by atoms with E-state index in [4.69, 9.17) is 9.47 Å². The van der Waals surface area contributed by atoms with Gasteiger partial charge in [-0.15, -0.1) is 0 Å². The zero-order valence-corrected chi connectivity index (χ0v) is 13.2. The van der Waals surface area contributed by atoms with Gasteiger partial charge in [-0.05, 0) is 54.3 Å². The number of rotatable bonds is 3. The third-order valence-corrected chi connectivity index (χ3v) is 4.76. The Hall–Kier alpha value is -2.07. The largest absolute Gasteiger partial charge is 0.486 e. The standard InChI is InChI=1S/C19H20FNO2/c1-13-10-18-19(23-9-8-22-18)11-15(13)12-21-7-6-17(21)14-2-4-16(20)5-3-14/h2-5,10-11,17H,6-9,12H2,1H3/t17-/m0/s1. The normalized spacial score (nSPS) is 20.2. The van der Waals surface area contributed by atoms with Crippen molar-refractivity contribution in [1.82, 2.24) is 4.90 Å². The number of aryl methyl sites for hydroxylation is 1. The lowest BCUT2D eigenvalue weighted by Crippen LogP contribution is -2.40. The monoisotopic (exact) mass is 313 g/mol. The predicted octanol–water partition coefficient (Wildman–Crippen LogP) is 3.85. The second kappa shape index (κ2) is 5.85. The molecule has 2 heterocycles. The Morgan fingerprint density at radius 1 is 1.09 bits per heavy atom. The van der Waals surface area contributed by atoms with E-state index in [1.807, 2.05) is 12.1 Å². The number of hydrogen-bond donors (Lipinski definition) is 0. The van der Waals surface area contributed by atoms with Crippen molar-refractivity contribution in [2.75, 3.05) is 19.8 Å². The minimum Gasteiger partial charge on any atom is -0.486 e. The minimum atomic E-state index is -0.178. The molecule has 2 aliphatic heterocycles. The van der Waals surface area contributed by atoms with E-state index >= 15 is 0 Å². The van der Waals surface area contributed by atoms with Gasteiger partial charge in [0.05, 0.1) is 0 Å². The van der Waals surface area contributed by atoms with Crippen LogP contribution in [0.15, 0.2) is 36.4 Å². The van der Waals surface area contributed by atoms with Crippen LogP contribution in [0.2, 0.25) is 0 Å². The van der Waals surface area contributed by atoms with Crippen molar-refractivity contribution in [3.8, 4) is 11.5 Å². The summed E-state index contributed by atoms with van der Waals surface area (Å²) < 4.78 is 24.4. The van der Waals surface area contributed by atoms with Gasteiger partial charge in [-0.1, -0.05) is 12.1 Å². The van der Waals surface area contributed by atoms with E-state index in [9.17, 15) is 4.39 Å². The van der Waals surface area contributed by atoms with E-state index in [1.54, 1.807) is 12.1 Å². The summed E-state index contributed by atoms with van der Waals surface area (Å²) in [5, 5.41) is 0. The fourth-order valence-electron chi connectivity index (χ4n) is 3.31. The lowest BCUT2D eigenvalue weighted by molar-refractivity contribution is 0.0813. The molecule has 23 heavy (non-hydrogen) atoms. The fraction of sp³-hybridized carbons (Fsp3) is 0.368. The number of nitrogens with zero attached hydrogens (tertiary/aromatic N) is 1. The first-order valence-corrected chi connectivity index (χ1v) is 8.09. The van der Waals surface area contributed by atoms with Crippen LogP contribution in [-0.4, -0.2) is 24.7 Å². The van der Waals surface area contributed by atoms with E-state index < -0.39 is 0 Å². The van der Waals surface area contributed by atoms with Gasteiger partial charge < -0.3 is 9.47 Å². The van der Waals surface area contributed by atoms with Gasteiger partial charge in [0, 0.05) is 19.1 Å². The Balaban J connectivity index is 1.53. The van der Waals surface area contributed by atoms with Gasteiger partial charge in [0.15, 0.2) is 11.5 Å². The SMILES string of the molecule is Cc1cc2c(cc1CN1CC[C@H]1c1ccc(F)cc1)OCCO2. The van der Waals surface area contributed by atoms with Crippen molar-refractivity contribution in [3.05, 3.63) is 58.9 Å². The van der Waals surface area contributed by atoms with Gasteiger partial charge in [0.2, 0.25) is 0 Å². The summed E-state index contributed by atoms with van der Waals surface area (Å²) in [6, 6.07) is 11.4. The maximum Gasteiger partial charge on any atom is 0.161 e. The maximum atomic E-state index is 13.1. The second-order valence-corrected chi connectivity index (χ2v) is 6.25. The molecule has 4 rings (SSSR count). The topological polar surface area (TPSA) is 21.7 Å². The van der Waals surface area contributed by atoms with Crippen molar-refractivity contribution in [1.29, 1.82) is 0 Å². The maximum absolute atomic E-state index is 13.1. The lowest BCUT2D eigenvalue weighted by atomic mass is 9.93. The molecule has 0 radical (unpaired) electrons. The second-order valence-electron chi connectivity index (χ2n) is 6.25. The zero-order valence-electron chi connectivity index (χ0n) is 13.2. The molecule has 0 saturated carbocycles. The number of halogens is 1. The number of benzene rings is 2. The quantitative estimate of drug-likeness (QED) is 0.859. The molecule has 3 nitrogen and oxygen atoms in total. The van der Waals surface area contributed by atoms with Gasteiger partial charge in [-0.25, -0.2) is 4.39 Å². The number of likely N-dealkylation sites (tertiary alicyclic amines) is 1. The van der Waals surface area contributed by atoms with Crippen LogP contribution in [0.1, 0.15) is 29.2 Å². The van der Waals surface area contributed by atoms with Crippen molar-refractivity contribution in [3.63, 3.8) is 0 Å². The van der Waals surface area contributed by atoms with Crippen LogP contribution in [0.3, 0.4) is 0 Å². The smallest absolute Gasteiger partial charge is 0.161 e. The van der Waals surface area contributed by atoms with Crippen molar-refractivity contribution >= 4 is 0 Å². The van der Waals surface area contributed by atoms with E-state index in [0.29, 0.717) is 19.3 Å². The molecule has 1 saturated heterocycles. The summed E-state index contributed by atoms with van der Waals surface area (Å²) in [6.07, 6.45) is 1.12. The molecular formula is C19H20FNO2. The molecular weight excluding hydrogens is 293 g/mol. The third-order valence-electron chi connectivity index (χ3n) is 4.76. The average molecular weight is 313 g/mol. The van der Waals surface area contributed by atoms with Crippen LogP contribution < -0.4 is 9.47 Å². The first-order valence-electron chi connectivity index (χ1n) is 8.09. The summed E-state index contributed by atoms with van der Waals surface area (Å²) >= 11 is 0. The molecule has 2 aromatic carbocycles. The molecule has 0 N–H and O–H groups in total. The molecule has 0 amide bonds. The van der Waals surface area contributed by atoms with Gasteiger partial charge in [-0.2, -0.15) is 0 Å². The molecule has 2 aliphatic rings. The average Bonchev–Trinajstić information content (AvgIpc) is 2.54. The fourth-order valence-corrected chi connectivity index (χ4v) is 3.31. The highest BCUT2D eigenvalue weighted by atomic mass is 19.1. The van der Waals surface area contributed by atoms with Gasteiger partial charge in [0.1, 0.15) is 19.0 Å². The van der Waals surface area contributed by atoms with E-state index in [2.05, 4.69) is 24.0 Å². The molecule has 4 heteroatoms. The van der Waals surface area contributed by atoms with Gasteiger partial charge in [0.25, 0.3) is 0 Å². The van der Waals surface area contributed by atoms with Crippen molar-refractivity contribution in [2.24, 2.45) is 0 Å². The predicted molar refractivity (Wildman–Crippen MR) is 86.3 cm³/mol. The first-order chi connectivity index (χ1) is 11.2. The Kier molecular flexibility index (Phi) is 3.69. The van der Waals surface area contributed by atoms with Crippen LogP contribution in [0.25, 0.3) is 0 Å². The number of fused-ring (bicyclic) bond motifs is 1. The van der Waals surface area contributed by atoms with Crippen molar-refractivity contribution in [2.45, 2.75) is 25.9 Å². The Morgan fingerprint density at radius 3 is 2.43 bits per heavy atom. The van der Waals surface area contributed by atoms with Crippen LogP contribution >= 0.6 is 0 Å². The minimum absolute atomic E-state index is 0.178. The number of hydrogen-bond acceptors (Lipinski definition) is 3. The Bertz CT molecular complexity index is 714. The third kappa shape index (κ3) is 2.79. The molecule has 0 bridgehead atoms. The van der Waals surface area contributed by atoms with E-state index in [-0.39, 0.29) is 5.82 Å². The van der Waals surface area contributed by atoms with Gasteiger partial charge >= 0.3 is 0 Å². The van der Waals surface area contributed by atoms with Gasteiger partial charge in [-0.3, -0.25) is 4.90 Å². The van der Waals surface area contributed by atoms with E-state index in [0.717, 1.165) is 31.0 Å². The molecule has 0 aliphatic carbocycles.